The summed E-state index contributed by atoms with van der Waals surface area (Å²) in [5.74, 6) is -1.82. The Morgan fingerprint density at radius 2 is 1.75 bits per heavy atom. The highest BCUT2D eigenvalue weighted by molar-refractivity contribution is 6.18. The lowest BCUT2D eigenvalue weighted by Gasteiger charge is -2.32. The number of aryl methyl sites for hydroxylation is 1. The molecule has 1 aliphatic carbocycles. The van der Waals surface area contributed by atoms with Crippen molar-refractivity contribution in [1.29, 1.82) is 0 Å². The van der Waals surface area contributed by atoms with E-state index in [9.17, 15) is 19.7 Å². The first-order valence-corrected chi connectivity index (χ1v) is 8.90. The fourth-order valence-corrected chi connectivity index (χ4v) is 3.54. The molecule has 0 bridgehead atoms. The highest BCUT2D eigenvalue weighted by Gasteiger charge is 2.48. The van der Waals surface area contributed by atoms with Gasteiger partial charge >= 0.3 is 11.9 Å². The molecule has 0 radical (unpaired) electrons. The second kappa shape index (κ2) is 6.63. The monoisotopic (exact) mass is 383 g/mol. The molecule has 1 aromatic heterocycles. The standard InChI is InChI=1S/C20H17NO7/c1-12-10-13(21(24)25)4-6-15(12)17-7-5-14(26-17)11-16-18(22)27-20(28-19(16)23)8-2-3-9-20/h4-7,10-11H,2-3,8-9H2,1H3. The number of nitro groups is 1. The molecule has 0 N–H and O–H groups in total. The van der Waals surface area contributed by atoms with E-state index in [-0.39, 0.29) is 17.0 Å². The third kappa shape index (κ3) is 3.17. The van der Waals surface area contributed by atoms with Gasteiger partial charge in [-0.1, -0.05) is 0 Å². The van der Waals surface area contributed by atoms with Crippen molar-refractivity contribution in [2.45, 2.75) is 38.4 Å². The summed E-state index contributed by atoms with van der Waals surface area (Å²) >= 11 is 0. The minimum atomic E-state index is -1.12. The summed E-state index contributed by atoms with van der Waals surface area (Å²) in [5, 5.41) is 10.9. The molecule has 2 aliphatic rings. The first-order valence-electron chi connectivity index (χ1n) is 8.90. The van der Waals surface area contributed by atoms with E-state index in [4.69, 9.17) is 13.9 Å². The first-order chi connectivity index (χ1) is 13.4. The minimum absolute atomic E-state index is 0.0105. The molecule has 28 heavy (non-hydrogen) atoms. The molecule has 2 aromatic rings. The van der Waals surface area contributed by atoms with Crippen LogP contribution in [0.15, 0.2) is 40.3 Å². The molecule has 8 heteroatoms. The number of nitrogens with zero attached hydrogens (tertiary/aromatic N) is 1. The van der Waals surface area contributed by atoms with Gasteiger partial charge in [-0.2, -0.15) is 0 Å². The summed E-state index contributed by atoms with van der Waals surface area (Å²) in [7, 11) is 0. The Labute approximate surface area is 159 Å². The number of hydrogen-bond donors (Lipinski definition) is 0. The Bertz CT molecular complexity index is 989. The van der Waals surface area contributed by atoms with Crippen molar-refractivity contribution in [3.63, 3.8) is 0 Å². The smallest absolute Gasteiger partial charge is 0.349 e. The van der Waals surface area contributed by atoms with Crippen LogP contribution in [-0.2, 0) is 19.1 Å². The molecule has 1 saturated carbocycles. The van der Waals surface area contributed by atoms with Gasteiger partial charge in [0.2, 0.25) is 0 Å². The number of esters is 2. The number of non-ortho nitro benzene ring substituents is 1. The second-order valence-electron chi connectivity index (χ2n) is 6.91. The molecule has 2 heterocycles. The van der Waals surface area contributed by atoms with E-state index >= 15 is 0 Å². The maximum absolute atomic E-state index is 12.3. The Morgan fingerprint density at radius 1 is 1.07 bits per heavy atom. The number of nitro benzene ring substituents is 1. The molecule has 2 fully saturated rings. The van der Waals surface area contributed by atoms with E-state index in [1.807, 2.05) is 0 Å². The van der Waals surface area contributed by atoms with Crippen LogP contribution in [0.25, 0.3) is 17.4 Å². The number of carbonyl (C=O) groups excluding carboxylic acids is 2. The molecular formula is C20H17NO7. The predicted molar refractivity (Wildman–Crippen MR) is 96.9 cm³/mol. The number of benzene rings is 1. The number of furan rings is 1. The molecule has 1 aliphatic heterocycles. The van der Waals surface area contributed by atoms with Crippen LogP contribution < -0.4 is 0 Å². The Balaban J connectivity index is 1.59. The van der Waals surface area contributed by atoms with E-state index in [2.05, 4.69) is 0 Å². The Morgan fingerprint density at radius 3 is 2.36 bits per heavy atom. The topological polar surface area (TPSA) is 109 Å². The lowest BCUT2D eigenvalue weighted by molar-refractivity contribution is -0.384. The van der Waals surface area contributed by atoms with Gasteiger partial charge in [-0.25, -0.2) is 9.59 Å². The fourth-order valence-electron chi connectivity index (χ4n) is 3.54. The van der Waals surface area contributed by atoms with Crippen LogP contribution in [0.4, 0.5) is 5.69 Å². The van der Waals surface area contributed by atoms with Crippen molar-refractivity contribution < 1.29 is 28.4 Å². The van der Waals surface area contributed by atoms with Crippen LogP contribution in [0.5, 0.6) is 0 Å². The van der Waals surface area contributed by atoms with E-state index < -0.39 is 22.6 Å². The van der Waals surface area contributed by atoms with E-state index in [0.29, 0.717) is 29.7 Å². The molecule has 0 atom stereocenters. The quantitative estimate of drug-likeness (QED) is 0.260. The van der Waals surface area contributed by atoms with Gasteiger partial charge < -0.3 is 13.9 Å². The van der Waals surface area contributed by atoms with Crippen molar-refractivity contribution >= 4 is 23.7 Å². The lowest BCUT2D eigenvalue weighted by Crippen LogP contribution is -2.44. The summed E-state index contributed by atoms with van der Waals surface area (Å²) in [6.07, 6.45) is 4.01. The molecule has 1 saturated heterocycles. The van der Waals surface area contributed by atoms with Gasteiger partial charge in [-0.3, -0.25) is 10.1 Å². The molecule has 1 aromatic carbocycles. The van der Waals surface area contributed by atoms with Gasteiger partial charge in [-0.15, -0.1) is 0 Å². The van der Waals surface area contributed by atoms with Crippen molar-refractivity contribution in [2.75, 3.05) is 0 Å². The summed E-state index contributed by atoms with van der Waals surface area (Å²) in [6.45, 7) is 1.74. The van der Waals surface area contributed by atoms with Gasteiger partial charge in [0, 0.05) is 36.6 Å². The molecule has 0 amide bonds. The lowest BCUT2D eigenvalue weighted by atomic mass is 10.1. The zero-order valence-electron chi connectivity index (χ0n) is 15.1. The fraction of sp³-hybridized carbons (Fsp3) is 0.300. The van der Waals surface area contributed by atoms with Gasteiger partial charge in [0.15, 0.2) is 0 Å². The highest BCUT2D eigenvalue weighted by Crippen LogP contribution is 2.39. The van der Waals surface area contributed by atoms with Gasteiger partial charge in [0.05, 0.1) is 4.92 Å². The molecule has 4 rings (SSSR count). The Hall–Kier alpha value is -3.42. The van der Waals surface area contributed by atoms with Crippen LogP contribution in [0.2, 0.25) is 0 Å². The number of ether oxygens (including phenoxy) is 2. The molecular weight excluding hydrogens is 366 g/mol. The van der Waals surface area contributed by atoms with Gasteiger partial charge in [-0.05, 0) is 43.5 Å². The number of hydrogen-bond acceptors (Lipinski definition) is 7. The van der Waals surface area contributed by atoms with E-state index in [0.717, 1.165) is 12.8 Å². The van der Waals surface area contributed by atoms with E-state index in [1.54, 1.807) is 25.1 Å². The van der Waals surface area contributed by atoms with Crippen LogP contribution in [0, 0.1) is 17.0 Å². The zero-order valence-corrected chi connectivity index (χ0v) is 15.1. The molecule has 0 unspecified atom stereocenters. The summed E-state index contributed by atoms with van der Waals surface area (Å²) in [5.41, 5.74) is 1.11. The van der Waals surface area contributed by atoms with Crippen LogP contribution in [0.3, 0.4) is 0 Å². The SMILES string of the molecule is Cc1cc([N+](=O)[O-])ccc1-c1ccc(C=C2C(=O)OC3(CCCC3)OC2=O)o1. The maximum Gasteiger partial charge on any atom is 0.349 e. The number of carbonyl (C=O) groups is 2. The van der Waals surface area contributed by atoms with Crippen LogP contribution >= 0.6 is 0 Å². The summed E-state index contributed by atoms with van der Waals surface area (Å²) in [4.78, 5) is 35.0. The first kappa shape index (κ1) is 18.0. The highest BCUT2D eigenvalue weighted by atomic mass is 16.7. The largest absolute Gasteiger partial charge is 0.457 e. The van der Waals surface area contributed by atoms with Gasteiger partial charge in [0.1, 0.15) is 17.1 Å². The third-order valence-electron chi connectivity index (χ3n) is 4.96. The second-order valence-corrected chi connectivity index (χ2v) is 6.91. The van der Waals surface area contributed by atoms with Crippen molar-refractivity contribution in [1.82, 2.24) is 0 Å². The average Bonchev–Trinajstić information content (AvgIpc) is 3.28. The minimum Gasteiger partial charge on any atom is -0.457 e. The number of rotatable bonds is 3. The summed E-state index contributed by atoms with van der Waals surface area (Å²) in [6, 6.07) is 7.70. The van der Waals surface area contributed by atoms with Crippen molar-refractivity contribution in [2.24, 2.45) is 0 Å². The maximum atomic E-state index is 12.3. The van der Waals surface area contributed by atoms with Crippen molar-refractivity contribution in [3.05, 3.63) is 57.3 Å². The van der Waals surface area contributed by atoms with Crippen LogP contribution in [-0.4, -0.2) is 22.6 Å². The average molecular weight is 383 g/mol. The van der Waals surface area contributed by atoms with Gasteiger partial charge in [0.25, 0.3) is 11.5 Å². The molecule has 144 valence electrons. The normalized spacial score (nSPS) is 18.1. The third-order valence-corrected chi connectivity index (χ3v) is 4.96. The van der Waals surface area contributed by atoms with Crippen LogP contribution in [0.1, 0.15) is 37.0 Å². The molecule has 8 nitrogen and oxygen atoms in total. The zero-order chi connectivity index (χ0) is 19.9. The molecule has 1 spiro atoms. The van der Waals surface area contributed by atoms with E-state index in [1.165, 1.54) is 18.2 Å². The predicted octanol–water partition coefficient (Wildman–Crippen LogP) is 3.92. The Kier molecular flexibility index (Phi) is 4.26. The van der Waals surface area contributed by atoms with Crippen molar-refractivity contribution in [3.8, 4) is 11.3 Å². The summed E-state index contributed by atoms with van der Waals surface area (Å²) < 4.78 is 16.5.